The molecule has 0 atom stereocenters. The first-order valence-corrected chi connectivity index (χ1v) is 7.56. The van der Waals surface area contributed by atoms with Gasteiger partial charge in [0.1, 0.15) is 0 Å². The number of carbonyl (C=O) groups excluding carboxylic acids is 2. The second kappa shape index (κ2) is 8.16. The third kappa shape index (κ3) is 4.71. The van der Waals surface area contributed by atoms with E-state index in [1.54, 1.807) is 36.4 Å². The van der Waals surface area contributed by atoms with Crippen molar-refractivity contribution in [2.75, 3.05) is 12.4 Å². The van der Waals surface area contributed by atoms with Gasteiger partial charge in [0.05, 0.1) is 13.3 Å². The molecule has 0 fully saturated rings. The molecule has 0 aromatic heterocycles. The lowest BCUT2D eigenvalue weighted by molar-refractivity contribution is -0.136. The van der Waals surface area contributed by atoms with Crippen LogP contribution >= 0.6 is 11.6 Å². The summed E-state index contributed by atoms with van der Waals surface area (Å²) in [5, 5.41) is 16.4. The molecule has 0 saturated carbocycles. The van der Waals surface area contributed by atoms with Crippen molar-refractivity contribution < 1.29 is 19.4 Å². The number of carbonyl (C=O) groups is 2. The lowest BCUT2D eigenvalue weighted by Gasteiger charge is -2.06. The molecule has 0 spiro atoms. The van der Waals surface area contributed by atoms with Gasteiger partial charge in [0, 0.05) is 16.3 Å². The lowest BCUT2D eigenvalue weighted by atomic mass is 10.2. The third-order valence-electron chi connectivity index (χ3n) is 3.26. The second-order valence-electron chi connectivity index (χ2n) is 5.02. The quantitative estimate of drug-likeness (QED) is 0.442. The van der Waals surface area contributed by atoms with E-state index in [1.165, 1.54) is 13.3 Å². The first-order chi connectivity index (χ1) is 11.9. The predicted molar refractivity (Wildman–Crippen MR) is 95.2 cm³/mol. The van der Waals surface area contributed by atoms with Crippen molar-refractivity contribution in [1.29, 1.82) is 0 Å². The van der Waals surface area contributed by atoms with Crippen LogP contribution in [0.5, 0.6) is 11.5 Å². The zero-order valence-corrected chi connectivity index (χ0v) is 14.3. The molecule has 0 aliphatic rings. The Kier molecular flexibility index (Phi) is 5.97. The number of phenols is 1. The summed E-state index contributed by atoms with van der Waals surface area (Å²) in [6.07, 6.45) is 1.20. The fraction of sp³-hybridized carbons (Fsp3) is 0.118. The summed E-state index contributed by atoms with van der Waals surface area (Å²) in [7, 11) is 1.42. The minimum absolute atomic E-state index is 0.123. The highest BCUT2D eigenvalue weighted by Gasteiger charge is 2.13. The minimum atomic E-state index is -0.963. The zero-order chi connectivity index (χ0) is 18.4. The van der Waals surface area contributed by atoms with Gasteiger partial charge in [-0.05, 0) is 36.8 Å². The van der Waals surface area contributed by atoms with Crippen LogP contribution in [-0.2, 0) is 9.59 Å². The number of aromatic hydroxyl groups is 1. The van der Waals surface area contributed by atoms with Crippen molar-refractivity contribution in [3.63, 3.8) is 0 Å². The number of rotatable bonds is 4. The molecule has 2 aromatic carbocycles. The van der Waals surface area contributed by atoms with E-state index in [9.17, 15) is 14.7 Å². The smallest absolute Gasteiger partial charge is 0.329 e. The maximum absolute atomic E-state index is 11.8. The highest BCUT2D eigenvalue weighted by molar-refractivity contribution is 6.39. The first kappa shape index (κ1) is 18.3. The van der Waals surface area contributed by atoms with Crippen molar-refractivity contribution in [1.82, 2.24) is 5.43 Å². The molecule has 130 valence electrons. The molecule has 0 saturated heterocycles. The summed E-state index contributed by atoms with van der Waals surface area (Å²) in [5.41, 5.74) is 3.65. The first-order valence-electron chi connectivity index (χ1n) is 7.19. The van der Waals surface area contributed by atoms with Gasteiger partial charge < -0.3 is 15.2 Å². The Morgan fingerprint density at radius 1 is 1.24 bits per heavy atom. The van der Waals surface area contributed by atoms with Gasteiger partial charge in [0.15, 0.2) is 11.5 Å². The molecule has 3 N–H and O–H groups in total. The molecular weight excluding hydrogens is 346 g/mol. The van der Waals surface area contributed by atoms with E-state index in [0.717, 1.165) is 5.56 Å². The maximum Gasteiger partial charge on any atom is 0.329 e. The van der Waals surface area contributed by atoms with Crippen LogP contribution in [0.2, 0.25) is 5.02 Å². The highest BCUT2D eigenvalue weighted by Crippen LogP contribution is 2.27. The van der Waals surface area contributed by atoms with Crippen LogP contribution in [0.3, 0.4) is 0 Å². The Labute approximate surface area is 149 Å². The van der Waals surface area contributed by atoms with E-state index in [0.29, 0.717) is 16.3 Å². The molecule has 0 radical (unpaired) electrons. The largest absolute Gasteiger partial charge is 0.504 e. The van der Waals surface area contributed by atoms with Gasteiger partial charge in [0.2, 0.25) is 0 Å². The van der Waals surface area contributed by atoms with Crippen molar-refractivity contribution in [2.45, 2.75) is 6.92 Å². The Hall–Kier alpha value is -3.06. The summed E-state index contributed by atoms with van der Waals surface area (Å²) in [4.78, 5) is 23.5. The Morgan fingerprint density at radius 3 is 2.68 bits per heavy atom. The normalized spacial score (nSPS) is 10.5. The Bertz CT molecular complexity index is 837. The van der Waals surface area contributed by atoms with Crippen LogP contribution in [0.4, 0.5) is 5.69 Å². The summed E-state index contributed by atoms with van der Waals surface area (Å²) in [6.45, 7) is 1.82. The average Bonchev–Trinajstić information content (AvgIpc) is 2.59. The van der Waals surface area contributed by atoms with E-state index >= 15 is 0 Å². The molecule has 0 heterocycles. The number of hydrogen-bond donors (Lipinski definition) is 3. The van der Waals surface area contributed by atoms with Crippen LogP contribution in [0.1, 0.15) is 11.1 Å². The number of hydrazone groups is 1. The number of anilines is 1. The van der Waals surface area contributed by atoms with E-state index in [1.807, 2.05) is 6.92 Å². The molecule has 0 bridgehead atoms. The second-order valence-corrected chi connectivity index (χ2v) is 5.42. The number of ether oxygens (including phenoxy) is 1. The van der Waals surface area contributed by atoms with Crippen molar-refractivity contribution >= 4 is 35.3 Å². The van der Waals surface area contributed by atoms with Crippen LogP contribution in [0.15, 0.2) is 41.5 Å². The van der Waals surface area contributed by atoms with Gasteiger partial charge in [-0.1, -0.05) is 23.7 Å². The number of benzene rings is 2. The van der Waals surface area contributed by atoms with Crippen LogP contribution in [-0.4, -0.2) is 30.2 Å². The molecule has 8 heteroatoms. The molecule has 0 unspecified atom stereocenters. The third-order valence-corrected chi connectivity index (χ3v) is 3.66. The number of para-hydroxylation sites is 1. The lowest BCUT2D eigenvalue weighted by Crippen LogP contribution is -2.32. The monoisotopic (exact) mass is 361 g/mol. The molecule has 0 aliphatic heterocycles. The summed E-state index contributed by atoms with van der Waals surface area (Å²) in [5.74, 6) is -1.71. The van der Waals surface area contributed by atoms with Crippen molar-refractivity contribution in [3.8, 4) is 11.5 Å². The van der Waals surface area contributed by atoms with Crippen molar-refractivity contribution in [2.24, 2.45) is 5.10 Å². The van der Waals surface area contributed by atoms with Crippen molar-refractivity contribution in [3.05, 3.63) is 52.5 Å². The SMILES string of the molecule is COc1cccc(C=NNC(=O)C(=O)Nc2ccc(C)c(Cl)c2)c1O. The van der Waals surface area contributed by atoms with Gasteiger partial charge in [-0.25, -0.2) is 5.43 Å². The van der Waals surface area contributed by atoms with Crippen LogP contribution in [0.25, 0.3) is 0 Å². The number of aryl methyl sites for hydroxylation is 1. The topological polar surface area (TPSA) is 100 Å². The summed E-state index contributed by atoms with van der Waals surface area (Å²) in [6, 6.07) is 9.69. The number of nitrogens with one attached hydrogen (secondary N) is 2. The number of methoxy groups -OCH3 is 1. The summed E-state index contributed by atoms with van der Waals surface area (Å²) < 4.78 is 4.96. The number of amides is 2. The molecular formula is C17H16ClN3O4. The standard InChI is InChI=1S/C17H16ClN3O4/c1-10-6-7-12(8-13(10)18)20-16(23)17(24)21-19-9-11-4-3-5-14(25-2)15(11)22/h3-9,22H,1-2H3,(H,20,23)(H,21,24). The van der Waals surface area contributed by atoms with Gasteiger partial charge >= 0.3 is 11.8 Å². The highest BCUT2D eigenvalue weighted by atomic mass is 35.5. The molecule has 2 amide bonds. The Morgan fingerprint density at radius 2 is 2.00 bits per heavy atom. The number of halogens is 1. The zero-order valence-electron chi connectivity index (χ0n) is 13.5. The maximum atomic E-state index is 11.8. The fourth-order valence-corrected chi connectivity index (χ4v) is 2.06. The average molecular weight is 362 g/mol. The predicted octanol–water partition coefficient (Wildman–Crippen LogP) is 2.45. The fourth-order valence-electron chi connectivity index (χ4n) is 1.88. The van der Waals surface area contributed by atoms with Gasteiger partial charge in [0.25, 0.3) is 0 Å². The number of hydrogen-bond acceptors (Lipinski definition) is 5. The van der Waals surface area contributed by atoms with Gasteiger partial charge in [-0.15, -0.1) is 0 Å². The van der Waals surface area contributed by atoms with E-state index in [2.05, 4.69) is 15.8 Å². The number of nitrogens with zero attached hydrogens (tertiary/aromatic N) is 1. The molecule has 7 nitrogen and oxygen atoms in total. The minimum Gasteiger partial charge on any atom is -0.504 e. The van der Waals surface area contributed by atoms with Gasteiger partial charge in [-0.3, -0.25) is 9.59 Å². The summed E-state index contributed by atoms with van der Waals surface area (Å²) >= 11 is 5.96. The van der Waals surface area contributed by atoms with E-state index < -0.39 is 11.8 Å². The Balaban J connectivity index is 1.97. The number of phenolic OH excluding ortho intramolecular Hbond substituents is 1. The van der Waals surface area contributed by atoms with Crippen LogP contribution in [0, 0.1) is 6.92 Å². The molecule has 0 aliphatic carbocycles. The van der Waals surface area contributed by atoms with E-state index in [4.69, 9.17) is 16.3 Å². The van der Waals surface area contributed by atoms with Gasteiger partial charge in [-0.2, -0.15) is 5.10 Å². The van der Waals surface area contributed by atoms with Crippen LogP contribution < -0.4 is 15.5 Å². The molecule has 2 aromatic rings. The van der Waals surface area contributed by atoms with E-state index in [-0.39, 0.29) is 11.5 Å². The molecule has 25 heavy (non-hydrogen) atoms. The molecule has 2 rings (SSSR count).